The minimum atomic E-state index is -5.11. The van der Waals surface area contributed by atoms with Crippen molar-refractivity contribution in [2.75, 3.05) is 0 Å². The predicted molar refractivity (Wildman–Crippen MR) is 69.2 cm³/mol. The summed E-state index contributed by atoms with van der Waals surface area (Å²) in [5, 5.41) is 27.4. The molecule has 2 heterocycles. The maximum absolute atomic E-state index is 13.1. The van der Waals surface area contributed by atoms with Gasteiger partial charge in [-0.3, -0.25) is 19.6 Å². The molecule has 1 aliphatic heterocycles. The van der Waals surface area contributed by atoms with Crippen LogP contribution in [0.2, 0.25) is 0 Å². The molecule has 2 rings (SSSR count). The molecule has 0 bridgehead atoms. The first-order chi connectivity index (χ1) is 10.5. The average Bonchev–Trinajstić information content (AvgIpc) is 3.01. The van der Waals surface area contributed by atoms with Crippen molar-refractivity contribution in [1.82, 2.24) is 14.8 Å². The van der Waals surface area contributed by atoms with Crippen molar-refractivity contribution in [3.05, 3.63) is 22.5 Å². The highest BCUT2D eigenvalue weighted by molar-refractivity contribution is 5.90. The van der Waals surface area contributed by atoms with Crippen LogP contribution in [0.4, 0.5) is 18.9 Å². The zero-order valence-electron chi connectivity index (χ0n) is 12.0. The van der Waals surface area contributed by atoms with Gasteiger partial charge in [-0.2, -0.15) is 28.4 Å². The van der Waals surface area contributed by atoms with Gasteiger partial charge in [0.05, 0.1) is 4.92 Å². The van der Waals surface area contributed by atoms with E-state index in [-0.39, 0.29) is 10.7 Å². The van der Waals surface area contributed by atoms with Crippen LogP contribution in [0.5, 0.6) is 0 Å². The van der Waals surface area contributed by atoms with Crippen LogP contribution in [0, 0.1) is 10.1 Å². The van der Waals surface area contributed by atoms with Crippen molar-refractivity contribution in [3.63, 3.8) is 0 Å². The molecule has 0 unspecified atom stereocenters. The average molecular weight is 335 g/mol. The molecule has 0 aliphatic carbocycles. The molecule has 0 aromatic carbocycles. The first-order valence-corrected chi connectivity index (χ1v) is 6.33. The molecular weight excluding hydrogens is 323 g/mol. The van der Waals surface area contributed by atoms with Crippen LogP contribution in [0.25, 0.3) is 0 Å². The fourth-order valence-electron chi connectivity index (χ4n) is 2.10. The maximum Gasteiger partial charge on any atom is 0.438 e. The van der Waals surface area contributed by atoms with Gasteiger partial charge in [0.15, 0.2) is 0 Å². The lowest BCUT2D eigenvalue weighted by Crippen LogP contribution is -2.57. The van der Waals surface area contributed by atoms with Gasteiger partial charge in [0.25, 0.3) is 11.6 Å². The second kappa shape index (κ2) is 5.30. The minimum absolute atomic E-state index is 0.0412. The molecule has 23 heavy (non-hydrogen) atoms. The molecule has 1 N–H and O–H groups in total. The molecule has 0 fully saturated rings. The van der Waals surface area contributed by atoms with Gasteiger partial charge in [-0.05, 0) is 13.8 Å². The molecule has 2 atom stereocenters. The number of aromatic nitrogens is 2. The number of hydrogen-bond donors (Lipinski definition) is 1. The Labute approximate surface area is 127 Å². The standard InChI is InChI=1S/C11H12F3N5O4/c1-6-3-10(21,11(12,13)14)18(16-6)9(20)7(2)17-5-8(4-15-17)19(22)23/h4-5,7,21H,3H2,1-2H3/t7-,10+/m0/s1. The van der Waals surface area contributed by atoms with Gasteiger partial charge in [0, 0.05) is 12.1 Å². The van der Waals surface area contributed by atoms with Crippen molar-refractivity contribution in [2.45, 2.75) is 38.2 Å². The van der Waals surface area contributed by atoms with E-state index in [1.165, 1.54) is 13.8 Å². The van der Waals surface area contributed by atoms with Gasteiger partial charge in [-0.15, -0.1) is 0 Å². The van der Waals surface area contributed by atoms with Crippen LogP contribution < -0.4 is 0 Å². The fraction of sp³-hybridized carbons (Fsp3) is 0.545. The summed E-state index contributed by atoms with van der Waals surface area (Å²) in [5.74, 6) is -1.19. The van der Waals surface area contributed by atoms with Gasteiger partial charge < -0.3 is 5.11 Å². The summed E-state index contributed by atoms with van der Waals surface area (Å²) >= 11 is 0. The van der Waals surface area contributed by atoms with Gasteiger partial charge >= 0.3 is 11.9 Å². The summed E-state index contributed by atoms with van der Waals surface area (Å²) in [4.78, 5) is 22.1. The lowest BCUT2D eigenvalue weighted by atomic mass is 10.1. The Morgan fingerprint density at radius 3 is 2.65 bits per heavy atom. The fourth-order valence-corrected chi connectivity index (χ4v) is 2.10. The Hall–Kier alpha value is -2.50. The molecule has 9 nitrogen and oxygen atoms in total. The third kappa shape index (κ3) is 2.76. The topological polar surface area (TPSA) is 114 Å². The summed E-state index contributed by atoms with van der Waals surface area (Å²) in [6, 6.07) is -1.33. The van der Waals surface area contributed by atoms with Crippen molar-refractivity contribution in [2.24, 2.45) is 5.10 Å². The summed E-state index contributed by atoms with van der Waals surface area (Å²) in [6.07, 6.45) is -4.21. The third-order valence-corrected chi connectivity index (χ3v) is 3.34. The molecule has 0 saturated carbocycles. The van der Waals surface area contributed by atoms with E-state index >= 15 is 0 Å². The Morgan fingerprint density at radius 2 is 2.17 bits per heavy atom. The molecule has 1 aromatic rings. The highest BCUT2D eigenvalue weighted by Gasteiger charge is 2.63. The van der Waals surface area contributed by atoms with E-state index in [0.29, 0.717) is 0 Å². The van der Waals surface area contributed by atoms with Gasteiger partial charge in [-0.1, -0.05) is 0 Å². The Bertz CT molecular complexity index is 685. The van der Waals surface area contributed by atoms with E-state index in [9.17, 15) is 33.2 Å². The number of nitrogens with zero attached hydrogens (tertiary/aromatic N) is 5. The van der Waals surface area contributed by atoms with E-state index in [1.807, 2.05) is 0 Å². The predicted octanol–water partition coefficient (Wildman–Crippen LogP) is 1.21. The lowest BCUT2D eigenvalue weighted by Gasteiger charge is -2.33. The van der Waals surface area contributed by atoms with E-state index < -0.39 is 40.9 Å². The molecule has 12 heteroatoms. The van der Waals surface area contributed by atoms with Gasteiger partial charge in [0.1, 0.15) is 18.4 Å². The van der Waals surface area contributed by atoms with Crippen LogP contribution in [-0.4, -0.2) is 48.3 Å². The van der Waals surface area contributed by atoms with E-state index in [2.05, 4.69) is 10.2 Å². The van der Waals surface area contributed by atoms with E-state index in [4.69, 9.17) is 0 Å². The second-order valence-electron chi connectivity index (χ2n) is 5.09. The van der Waals surface area contributed by atoms with Crippen LogP contribution in [-0.2, 0) is 4.79 Å². The molecular formula is C11H12F3N5O4. The third-order valence-electron chi connectivity index (χ3n) is 3.34. The largest absolute Gasteiger partial charge is 0.438 e. The quantitative estimate of drug-likeness (QED) is 0.659. The number of halogens is 3. The molecule has 126 valence electrons. The number of rotatable bonds is 3. The first-order valence-electron chi connectivity index (χ1n) is 6.33. The van der Waals surface area contributed by atoms with Crippen molar-refractivity contribution in [1.29, 1.82) is 0 Å². The van der Waals surface area contributed by atoms with Crippen LogP contribution in [0.1, 0.15) is 26.3 Å². The summed E-state index contributed by atoms with van der Waals surface area (Å²) in [5.41, 5.74) is -3.93. The first kappa shape index (κ1) is 16.9. The number of hydrazone groups is 1. The molecule has 1 aromatic heterocycles. The monoisotopic (exact) mass is 335 g/mol. The van der Waals surface area contributed by atoms with Gasteiger partial charge in [-0.25, -0.2) is 0 Å². The normalized spacial score (nSPS) is 22.9. The number of carbonyl (C=O) groups is 1. The number of hydrogen-bond acceptors (Lipinski definition) is 6. The van der Waals surface area contributed by atoms with Crippen LogP contribution in [0.3, 0.4) is 0 Å². The zero-order valence-corrected chi connectivity index (χ0v) is 12.0. The number of carbonyl (C=O) groups excluding carboxylic acids is 1. The van der Waals surface area contributed by atoms with Crippen molar-refractivity contribution < 1.29 is 28.0 Å². The Kier molecular flexibility index (Phi) is 3.88. The lowest BCUT2D eigenvalue weighted by molar-refractivity contribution is -0.385. The second-order valence-corrected chi connectivity index (χ2v) is 5.09. The summed E-state index contributed by atoms with van der Waals surface area (Å²) in [7, 11) is 0. The van der Waals surface area contributed by atoms with Crippen molar-refractivity contribution >= 4 is 17.3 Å². The van der Waals surface area contributed by atoms with Crippen LogP contribution in [0.15, 0.2) is 17.5 Å². The summed E-state index contributed by atoms with van der Waals surface area (Å²) < 4.78 is 40.1. The number of alkyl halides is 3. The SMILES string of the molecule is CC1=NN(C(=O)[C@H](C)n2cc([N+](=O)[O-])cn2)[C@](O)(C(F)(F)F)C1. The number of nitro groups is 1. The molecule has 0 saturated heterocycles. The highest BCUT2D eigenvalue weighted by atomic mass is 19.4. The van der Waals surface area contributed by atoms with Gasteiger partial charge in [0.2, 0.25) is 0 Å². The summed E-state index contributed by atoms with van der Waals surface area (Å²) in [6.45, 7) is 2.44. The smallest absolute Gasteiger partial charge is 0.362 e. The highest BCUT2D eigenvalue weighted by Crippen LogP contribution is 2.41. The molecule has 1 amide bonds. The molecule has 0 spiro atoms. The number of aliphatic hydroxyl groups is 1. The van der Waals surface area contributed by atoms with E-state index in [1.54, 1.807) is 0 Å². The Morgan fingerprint density at radius 1 is 1.57 bits per heavy atom. The van der Waals surface area contributed by atoms with E-state index in [0.717, 1.165) is 17.1 Å². The van der Waals surface area contributed by atoms with Crippen molar-refractivity contribution in [3.8, 4) is 0 Å². The molecule has 1 aliphatic rings. The zero-order chi connectivity index (χ0) is 17.6. The molecule has 0 radical (unpaired) electrons. The maximum atomic E-state index is 13.1. The van der Waals surface area contributed by atoms with Crippen LogP contribution >= 0.6 is 0 Å². The minimum Gasteiger partial charge on any atom is -0.362 e. The Balaban J connectivity index is 2.32. The number of amides is 1.